The van der Waals surface area contributed by atoms with Crippen LogP contribution in [0.2, 0.25) is 0 Å². The second-order valence-corrected chi connectivity index (χ2v) is 6.91. The minimum Gasteiger partial charge on any atom is -0.598 e. The van der Waals surface area contributed by atoms with Gasteiger partial charge in [0.25, 0.3) is 0 Å². The van der Waals surface area contributed by atoms with Crippen LogP contribution in [0.25, 0.3) is 0 Å². The largest absolute Gasteiger partial charge is 0.598 e. The summed E-state index contributed by atoms with van der Waals surface area (Å²) in [6, 6.07) is 0. The Labute approximate surface area is 84.8 Å². The Kier molecular flexibility index (Phi) is 4.07. The fraction of sp³-hybridized carbons (Fsp3) is 1.00. The summed E-state index contributed by atoms with van der Waals surface area (Å²) in [5.41, 5.74) is 0. The van der Waals surface area contributed by atoms with Crippen molar-refractivity contribution in [2.75, 3.05) is 6.54 Å². The van der Waals surface area contributed by atoms with Crippen molar-refractivity contribution in [1.82, 2.24) is 4.72 Å². The van der Waals surface area contributed by atoms with Gasteiger partial charge in [-0.15, -0.1) is 4.72 Å². The Hall–Kier alpha value is 0.270. The lowest BCUT2D eigenvalue weighted by Gasteiger charge is -2.23. The third kappa shape index (κ3) is 4.89. The van der Waals surface area contributed by atoms with E-state index in [1.165, 1.54) is 25.7 Å². The molecule has 1 unspecified atom stereocenters. The Morgan fingerprint density at radius 2 is 2.00 bits per heavy atom. The molecule has 0 spiro atoms. The van der Waals surface area contributed by atoms with E-state index in [1.807, 2.05) is 20.8 Å². The maximum atomic E-state index is 11.5. The summed E-state index contributed by atoms with van der Waals surface area (Å²) in [5, 5.41) is 0. The van der Waals surface area contributed by atoms with Crippen LogP contribution in [0.5, 0.6) is 0 Å². The van der Waals surface area contributed by atoms with Crippen LogP contribution in [0.1, 0.15) is 46.5 Å². The predicted octanol–water partition coefficient (Wildman–Crippen LogP) is 2.23. The monoisotopic (exact) mass is 203 g/mol. The van der Waals surface area contributed by atoms with Gasteiger partial charge in [-0.25, -0.2) is 0 Å². The van der Waals surface area contributed by atoms with Crippen molar-refractivity contribution < 1.29 is 4.55 Å². The van der Waals surface area contributed by atoms with Crippen molar-refractivity contribution >= 4 is 11.4 Å². The van der Waals surface area contributed by atoms with Crippen molar-refractivity contribution in [3.05, 3.63) is 0 Å². The van der Waals surface area contributed by atoms with Crippen LogP contribution >= 0.6 is 0 Å². The van der Waals surface area contributed by atoms with Crippen LogP contribution in [-0.4, -0.2) is 15.8 Å². The minimum atomic E-state index is -0.882. The summed E-state index contributed by atoms with van der Waals surface area (Å²) in [6.45, 7) is 6.89. The molecule has 0 amide bonds. The molecule has 0 aliphatic heterocycles. The smallest absolute Gasteiger partial charge is 0.136 e. The van der Waals surface area contributed by atoms with Gasteiger partial charge in [0.15, 0.2) is 0 Å². The number of hydrogen-bond acceptors (Lipinski definition) is 2. The average Bonchev–Trinajstić information content (AvgIpc) is 2.79. The molecule has 1 fully saturated rings. The molecule has 0 saturated heterocycles. The van der Waals surface area contributed by atoms with Gasteiger partial charge in [0, 0.05) is 17.9 Å². The van der Waals surface area contributed by atoms with Gasteiger partial charge < -0.3 is 4.55 Å². The Morgan fingerprint density at radius 1 is 1.38 bits per heavy atom. The third-order valence-corrected chi connectivity index (χ3v) is 3.85. The first-order valence-corrected chi connectivity index (χ1v) is 6.30. The Bertz CT molecular complexity index is 151. The Morgan fingerprint density at radius 3 is 2.46 bits per heavy atom. The van der Waals surface area contributed by atoms with Gasteiger partial charge in [0.05, 0.1) is 0 Å². The molecule has 0 aromatic heterocycles. The lowest BCUT2D eigenvalue weighted by atomic mass is 10.2. The molecule has 1 aliphatic carbocycles. The van der Waals surface area contributed by atoms with Crippen LogP contribution in [0.15, 0.2) is 0 Å². The molecular formula is C10H21NOS. The normalized spacial score (nSPS) is 20.3. The van der Waals surface area contributed by atoms with Crippen LogP contribution in [0, 0.1) is 5.92 Å². The van der Waals surface area contributed by atoms with Crippen LogP contribution in [0.3, 0.4) is 0 Å². The number of hydrogen-bond donors (Lipinski definition) is 1. The van der Waals surface area contributed by atoms with Gasteiger partial charge in [-0.3, -0.25) is 0 Å². The molecule has 2 nitrogen and oxygen atoms in total. The molecule has 1 rings (SSSR count). The van der Waals surface area contributed by atoms with Crippen LogP contribution in [-0.2, 0) is 11.4 Å². The maximum absolute atomic E-state index is 11.5. The molecule has 0 aromatic rings. The molecule has 3 heteroatoms. The van der Waals surface area contributed by atoms with E-state index in [1.54, 1.807) is 0 Å². The minimum absolute atomic E-state index is 0.125. The molecule has 1 saturated carbocycles. The highest BCUT2D eigenvalue weighted by molar-refractivity contribution is 7.90. The second kappa shape index (κ2) is 4.67. The summed E-state index contributed by atoms with van der Waals surface area (Å²) < 4.78 is 14.5. The van der Waals surface area contributed by atoms with Gasteiger partial charge in [-0.2, -0.15) is 0 Å². The standard InChI is InChI=1S/C10H21NOS/c1-10(2,3)13(12)11-8-4-5-9-6-7-9/h9,11H,4-8H2,1-3H3. The summed E-state index contributed by atoms with van der Waals surface area (Å²) in [7, 11) is 0. The van der Waals surface area contributed by atoms with E-state index >= 15 is 0 Å². The first kappa shape index (κ1) is 11.3. The lowest BCUT2D eigenvalue weighted by molar-refractivity contribution is 0.538. The van der Waals surface area contributed by atoms with E-state index in [2.05, 4.69) is 4.72 Å². The summed E-state index contributed by atoms with van der Waals surface area (Å²) in [5.74, 6) is 0.991. The highest BCUT2D eigenvalue weighted by Gasteiger charge is 2.26. The zero-order valence-corrected chi connectivity index (χ0v) is 9.75. The van der Waals surface area contributed by atoms with Crippen molar-refractivity contribution in [3.8, 4) is 0 Å². The zero-order valence-electron chi connectivity index (χ0n) is 8.93. The average molecular weight is 203 g/mol. The van der Waals surface area contributed by atoms with E-state index in [0.717, 1.165) is 12.5 Å². The van der Waals surface area contributed by atoms with E-state index < -0.39 is 11.4 Å². The van der Waals surface area contributed by atoms with Gasteiger partial charge >= 0.3 is 0 Å². The highest BCUT2D eigenvalue weighted by atomic mass is 32.2. The molecule has 0 heterocycles. The van der Waals surface area contributed by atoms with E-state index in [4.69, 9.17) is 0 Å². The molecular weight excluding hydrogens is 182 g/mol. The van der Waals surface area contributed by atoms with Crippen molar-refractivity contribution in [1.29, 1.82) is 0 Å². The van der Waals surface area contributed by atoms with E-state index in [-0.39, 0.29) is 4.75 Å². The molecule has 0 aromatic carbocycles. The molecule has 1 atom stereocenters. The van der Waals surface area contributed by atoms with Gasteiger partial charge in [0.2, 0.25) is 0 Å². The lowest BCUT2D eigenvalue weighted by Crippen LogP contribution is -2.39. The third-order valence-electron chi connectivity index (χ3n) is 2.28. The molecule has 1 aliphatic rings. The highest BCUT2D eigenvalue weighted by Crippen LogP contribution is 2.33. The summed E-state index contributed by atoms with van der Waals surface area (Å²) in [4.78, 5) is 0. The van der Waals surface area contributed by atoms with Crippen LogP contribution in [0.4, 0.5) is 0 Å². The van der Waals surface area contributed by atoms with Crippen molar-refractivity contribution in [2.24, 2.45) is 5.92 Å². The molecule has 78 valence electrons. The summed E-state index contributed by atoms with van der Waals surface area (Å²) >= 11 is -0.882. The SMILES string of the molecule is CC(C)(C)[S+]([O-])NCCCC1CC1. The van der Waals surface area contributed by atoms with E-state index in [0.29, 0.717) is 0 Å². The van der Waals surface area contributed by atoms with Crippen LogP contribution < -0.4 is 4.72 Å². The van der Waals surface area contributed by atoms with E-state index in [9.17, 15) is 4.55 Å². The molecule has 1 N–H and O–H groups in total. The van der Waals surface area contributed by atoms with Gasteiger partial charge in [-0.05, 0) is 39.5 Å². The second-order valence-electron chi connectivity index (χ2n) is 4.86. The molecule has 13 heavy (non-hydrogen) atoms. The Balaban J connectivity index is 1.97. The fourth-order valence-electron chi connectivity index (χ4n) is 1.18. The number of nitrogens with one attached hydrogen (secondary N) is 1. The first-order valence-electron chi connectivity index (χ1n) is 5.15. The first-order chi connectivity index (χ1) is 6.00. The summed E-state index contributed by atoms with van der Waals surface area (Å²) in [6.07, 6.45) is 5.32. The topological polar surface area (TPSA) is 35.1 Å². The predicted molar refractivity (Wildman–Crippen MR) is 57.9 cm³/mol. The van der Waals surface area contributed by atoms with Gasteiger partial charge in [-0.1, -0.05) is 12.8 Å². The quantitative estimate of drug-likeness (QED) is 0.549. The van der Waals surface area contributed by atoms with Crippen molar-refractivity contribution in [3.63, 3.8) is 0 Å². The molecule has 0 bridgehead atoms. The van der Waals surface area contributed by atoms with Crippen molar-refractivity contribution in [2.45, 2.75) is 51.2 Å². The zero-order chi connectivity index (χ0) is 9.90. The molecule has 0 radical (unpaired) electrons. The maximum Gasteiger partial charge on any atom is 0.136 e. The van der Waals surface area contributed by atoms with Gasteiger partial charge in [0.1, 0.15) is 4.75 Å². The fourth-order valence-corrected chi connectivity index (χ4v) is 1.94. The number of rotatable bonds is 5.